The number of rotatable bonds is 7. The highest BCUT2D eigenvalue weighted by Gasteiger charge is 2.06. The van der Waals surface area contributed by atoms with E-state index >= 15 is 0 Å². The van der Waals surface area contributed by atoms with Crippen LogP contribution in [0.4, 0.5) is 0 Å². The van der Waals surface area contributed by atoms with Gasteiger partial charge in [-0.05, 0) is 30.9 Å². The molecule has 0 aliphatic carbocycles. The summed E-state index contributed by atoms with van der Waals surface area (Å²) < 4.78 is 5.31. The summed E-state index contributed by atoms with van der Waals surface area (Å²) in [4.78, 5) is 7.69. The van der Waals surface area contributed by atoms with Gasteiger partial charge in [0.1, 0.15) is 0 Å². The van der Waals surface area contributed by atoms with Gasteiger partial charge in [-0.2, -0.15) is 0 Å². The Labute approximate surface area is 149 Å². The van der Waals surface area contributed by atoms with E-state index < -0.39 is 0 Å². The number of hydrogen-bond acceptors (Lipinski definition) is 3. The van der Waals surface area contributed by atoms with Gasteiger partial charge in [-0.3, -0.25) is 4.99 Å². The van der Waals surface area contributed by atoms with Crippen LogP contribution >= 0.6 is 35.7 Å². The zero-order chi connectivity index (χ0) is 14.8. The maximum atomic E-state index is 5.31. The molecule has 4 nitrogen and oxygen atoms in total. The molecule has 0 amide bonds. The van der Waals surface area contributed by atoms with Crippen LogP contribution in [0.5, 0.6) is 0 Å². The first-order valence-corrected chi connectivity index (χ1v) is 8.06. The number of thioether (sulfide) groups is 1. The molecule has 0 aliphatic heterocycles. The molecule has 21 heavy (non-hydrogen) atoms. The van der Waals surface area contributed by atoms with E-state index in [1.54, 1.807) is 18.8 Å². The molecule has 0 aromatic heterocycles. The van der Waals surface area contributed by atoms with Gasteiger partial charge in [0.25, 0.3) is 0 Å². The molecule has 120 valence electrons. The summed E-state index contributed by atoms with van der Waals surface area (Å²) in [5, 5.41) is 3.29. The topological polar surface area (TPSA) is 36.9 Å². The Balaban J connectivity index is 0.00000400. The molecule has 1 N–H and O–H groups in total. The lowest BCUT2D eigenvalue weighted by molar-refractivity contribution is 0.152. The van der Waals surface area contributed by atoms with E-state index in [-0.39, 0.29) is 24.0 Å². The van der Waals surface area contributed by atoms with Crippen LogP contribution in [-0.4, -0.2) is 51.0 Å². The van der Waals surface area contributed by atoms with Crippen molar-refractivity contribution in [2.24, 2.45) is 4.99 Å². The number of benzene rings is 1. The summed E-state index contributed by atoms with van der Waals surface area (Å²) in [7, 11) is 3.84. The lowest BCUT2D eigenvalue weighted by Gasteiger charge is -2.22. The molecular formula is C15H26IN3OS. The van der Waals surface area contributed by atoms with Crippen molar-refractivity contribution in [3.05, 3.63) is 29.8 Å². The molecule has 0 unspecified atom stereocenters. The van der Waals surface area contributed by atoms with Gasteiger partial charge in [0.2, 0.25) is 0 Å². The van der Waals surface area contributed by atoms with E-state index in [1.165, 1.54) is 10.5 Å². The van der Waals surface area contributed by atoms with E-state index in [0.29, 0.717) is 6.61 Å². The predicted molar refractivity (Wildman–Crippen MR) is 103 cm³/mol. The number of ether oxygens (including phenoxy) is 1. The molecule has 0 fully saturated rings. The normalized spacial score (nSPS) is 11.0. The second kappa shape index (κ2) is 12.1. The summed E-state index contributed by atoms with van der Waals surface area (Å²) >= 11 is 1.76. The molecule has 0 saturated heterocycles. The molecule has 0 heterocycles. The van der Waals surface area contributed by atoms with Crippen LogP contribution in [0.3, 0.4) is 0 Å². The monoisotopic (exact) mass is 423 g/mol. The standard InChI is InChI=1S/C15H25N3OS.HI/c1-5-19-11-10-17-15(16-2)18(3)12-13-6-8-14(20-4)9-7-13;/h6-9H,5,10-12H2,1-4H3,(H,16,17);1H. The van der Waals surface area contributed by atoms with Crippen molar-refractivity contribution in [1.82, 2.24) is 10.2 Å². The van der Waals surface area contributed by atoms with Crippen LogP contribution in [-0.2, 0) is 11.3 Å². The van der Waals surface area contributed by atoms with Crippen molar-refractivity contribution >= 4 is 41.7 Å². The highest BCUT2D eigenvalue weighted by atomic mass is 127. The van der Waals surface area contributed by atoms with Gasteiger partial charge in [0.05, 0.1) is 6.61 Å². The number of aliphatic imine (C=N–C) groups is 1. The predicted octanol–water partition coefficient (Wildman–Crippen LogP) is 3.07. The lowest BCUT2D eigenvalue weighted by atomic mass is 10.2. The maximum Gasteiger partial charge on any atom is 0.193 e. The molecule has 1 aromatic rings. The molecule has 0 saturated carbocycles. The average molecular weight is 423 g/mol. The van der Waals surface area contributed by atoms with E-state index in [0.717, 1.165) is 25.7 Å². The fourth-order valence-electron chi connectivity index (χ4n) is 1.84. The smallest absolute Gasteiger partial charge is 0.193 e. The first-order valence-electron chi connectivity index (χ1n) is 6.83. The van der Waals surface area contributed by atoms with Gasteiger partial charge < -0.3 is 15.0 Å². The van der Waals surface area contributed by atoms with Crippen LogP contribution in [0.1, 0.15) is 12.5 Å². The van der Waals surface area contributed by atoms with Crippen molar-refractivity contribution < 1.29 is 4.74 Å². The average Bonchev–Trinajstić information content (AvgIpc) is 2.48. The van der Waals surface area contributed by atoms with Gasteiger partial charge in [-0.25, -0.2) is 0 Å². The van der Waals surface area contributed by atoms with Gasteiger partial charge in [-0.1, -0.05) is 12.1 Å². The third-order valence-corrected chi connectivity index (χ3v) is 3.63. The van der Waals surface area contributed by atoms with Crippen molar-refractivity contribution in [3.63, 3.8) is 0 Å². The number of nitrogens with one attached hydrogen (secondary N) is 1. The minimum Gasteiger partial charge on any atom is -0.380 e. The molecule has 0 atom stereocenters. The molecule has 1 rings (SSSR count). The first kappa shape index (κ1) is 20.5. The molecule has 1 aromatic carbocycles. The summed E-state index contributed by atoms with van der Waals surface area (Å²) in [6, 6.07) is 8.63. The quantitative estimate of drug-likeness (QED) is 0.241. The van der Waals surface area contributed by atoms with Gasteiger partial charge in [-0.15, -0.1) is 35.7 Å². The second-order valence-electron chi connectivity index (χ2n) is 4.38. The minimum absolute atomic E-state index is 0. The van der Waals surface area contributed by atoms with E-state index in [4.69, 9.17) is 4.74 Å². The Kier molecular flexibility index (Phi) is 11.8. The number of guanidine groups is 1. The zero-order valence-corrected chi connectivity index (χ0v) is 16.4. The molecule has 0 aliphatic rings. The lowest BCUT2D eigenvalue weighted by Crippen LogP contribution is -2.39. The largest absolute Gasteiger partial charge is 0.380 e. The fourth-order valence-corrected chi connectivity index (χ4v) is 2.25. The summed E-state index contributed by atoms with van der Waals surface area (Å²) in [5.41, 5.74) is 1.28. The van der Waals surface area contributed by atoms with Crippen molar-refractivity contribution in [2.45, 2.75) is 18.4 Å². The SMILES string of the molecule is CCOCCNC(=NC)N(C)Cc1ccc(SC)cc1.I. The highest BCUT2D eigenvalue weighted by Crippen LogP contribution is 2.15. The van der Waals surface area contributed by atoms with Gasteiger partial charge >= 0.3 is 0 Å². The third kappa shape index (κ3) is 7.92. The summed E-state index contributed by atoms with van der Waals surface area (Å²) in [5.74, 6) is 0.888. The Morgan fingerprint density at radius 2 is 2.00 bits per heavy atom. The maximum absolute atomic E-state index is 5.31. The molecule has 0 spiro atoms. The Bertz CT molecular complexity index is 412. The van der Waals surface area contributed by atoms with E-state index in [9.17, 15) is 0 Å². The molecule has 0 radical (unpaired) electrons. The third-order valence-electron chi connectivity index (χ3n) is 2.89. The van der Waals surface area contributed by atoms with Crippen LogP contribution in [0.2, 0.25) is 0 Å². The number of nitrogens with zero attached hydrogens (tertiary/aromatic N) is 2. The summed E-state index contributed by atoms with van der Waals surface area (Å²) in [6.07, 6.45) is 2.09. The molecule has 6 heteroatoms. The van der Waals surface area contributed by atoms with E-state index in [2.05, 4.69) is 45.7 Å². The van der Waals surface area contributed by atoms with Crippen molar-refractivity contribution in [1.29, 1.82) is 0 Å². The van der Waals surface area contributed by atoms with Crippen LogP contribution in [0.25, 0.3) is 0 Å². The molecular weight excluding hydrogens is 397 g/mol. The first-order chi connectivity index (χ1) is 9.71. The second-order valence-corrected chi connectivity index (χ2v) is 5.25. The van der Waals surface area contributed by atoms with Crippen LogP contribution in [0, 0.1) is 0 Å². The zero-order valence-electron chi connectivity index (χ0n) is 13.3. The van der Waals surface area contributed by atoms with Gasteiger partial charge in [0, 0.05) is 38.7 Å². The molecule has 0 bridgehead atoms. The van der Waals surface area contributed by atoms with Crippen LogP contribution in [0.15, 0.2) is 34.2 Å². The minimum atomic E-state index is 0. The number of hydrogen-bond donors (Lipinski definition) is 1. The highest BCUT2D eigenvalue weighted by molar-refractivity contribution is 14.0. The number of halogens is 1. The van der Waals surface area contributed by atoms with Crippen LogP contribution < -0.4 is 5.32 Å². The van der Waals surface area contributed by atoms with E-state index in [1.807, 2.05) is 14.0 Å². The fraction of sp³-hybridized carbons (Fsp3) is 0.533. The summed E-state index contributed by atoms with van der Waals surface area (Å²) in [6.45, 7) is 5.06. The van der Waals surface area contributed by atoms with Crippen molar-refractivity contribution in [2.75, 3.05) is 40.1 Å². The Morgan fingerprint density at radius 1 is 1.33 bits per heavy atom. The Morgan fingerprint density at radius 3 is 2.52 bits per heavy atom. The Hall–Kier alpha value is -0.470. The van der Waals surface area contributed by atoms with Crippen molar-refractivity contribution in [3.8, 4) is 0 Å². The van der Waals surface area contributed by atoms with Gasteiger partial charge in [0.15, 0.2) is 5.96 Å².